The number of hydrogen-bond acceptors (Lipinski definition) is 4. The molecule has 0 radical (unpaired) electrons. The molecule has 2 aromatic rings. The van der Waals surface area contributed by atoms with Gasteiger partial charge in [-0.05, 0) is 54.0 Å². The number of halogens is 2. The van der Waals surface area contributed by atoms with Crippen LogP contribution in [0.3, 0.4) is 0 Å². The fourth-order valence-corrected chi connectivity index (χ4v) is 2.72. The second-order valence-electron chi connectivity index (χ2n) is 4.95. The van der Waals surface area contributed by atoms with Gasteiger partial charge in [-0.1, -0.05) is 19.0 Å². The third-order valence-corrected chi connectivity index (χ3v) is 4.11. The van der Waals surface area contributed by atoms with Crippen LogP contribution in [-0.4, -0.2) is 22.7 Å². The molecule has 2 unspecified atom stereocenters. The maximum atomic E-state index is 13.3. The van der Waals surface area contributed by atoms with Gasteiger partial charge in [-0.25, -0.2) is 4.39 Å². The summed E-state index contributed by atoms with van der Waals surface area (Å²) in [4.78, 5) is 4.46. The molecule has 0 saturated carbocycles. The molecular formula is C15H19BrFN3O. The van der Waals surface area contributed by atoms with Crippen LogP contribution < -0.4 is 5.32 Å². The van der Waals surface area contributed by atoms with Crippen molar-refractivity contribution >= 4 is 15.9 Å². The molecule has 2 rings (SSSR count). The van der Waals surface area contributed by atoms with E-state index < -0.39 is 0 Å². The van der Waals surface area contributed by atoms with E-state index in [4.69, 9.17) is 4.52 Å². The van der Waals surface area contributed by atoms with E-state index in [9.17, 15) is 4.39 Å². The second kappa shape index (κ2) is 7.13. The van der Waals surface area contributed by atoms with Crippen LogP contribution in [-0.2, 0) is 0 Å². The van der Waals surface area contributed by atoms with Gasteiger partial charge in [-0.2, -0.15) is 4.98 Å². The van der Waals surface area contributed by atoms with E-state index in [0.717, 1.165) is 18.5 Å². The second-order valence-corrected chi connectivity index (χ2v) is 5.80. The Morgan fingerprint density at radius 1 is 1.38 bits per heavy atom. The van der Waals surface area contributed by atoms with Crippen molar-refractivity contribution in [1.82, 2.24) is 15.5 Å². The summed E-state index contributed by atoms with van der Waals surface area (Å²) in [6, 6.07) is 4.93. The number of likely N-dealkylation sites (N-methyl/N-ethyl adjacent to an activating group) is 1. The summed E-state index contributed by atoms with van der Waals surface area (Å²) in [5.41, 5.74) is 0.726. The zero-order chi connectivity index (χ0) is 15.4. The highest BCUT2D eigenvalue weighted by Crippen LogP contribution is 2.27. The van der Waals surface area contributed by atoms with E-state index in [-0.39, 0.29) is 17.8 Å². The Morgan fingerprint density at radius 3 is 2.76 bits per heavy atom. The van der Waals surface area contributed by atoms with Crippen LogP contribution in [0.25, 0.3) is 11.4 Å². The van der Waals surface area contributed by atoms with E-state index in [1.165, 1.54) is 6.07 Å². The van der Waals surface area contributed by atoms with Gasteiger partial charge < -0.3 is 9.84 Å². The van der Waals surface area contributed by atoms with Crippen molar-refractivity contribution < 1.29 is 8.91 Å². The summed E-state index contributed by atoms with van der Waals surface area (Å²) < 4.78 is 19.1. The zero-order valence-corrected chi connectivity index (χ0v) is 13.9. The molecule has 0 aliphatic rings. The highest BCUT2D eigenvalue weighted by atomic mass is 79.9. The maximum Gasteiger partial charge on any atom is 0.231 e. The van der Waals surface area contributed by atoms with Gasteiger partial charge in [-0.15, -0.1) is 0 Å². The molecule has 0 fully saturated rings. The van der Waals surface area contributed by atoms with Crippen LogP contribution in [0, 0.1) is 5.82 Å². The first-order valence-electron chi connectivity index (χ1n) is 7.09. The Labute approximate surface area is 132 Å². The van der Waals surface area contributed by atoms with Crippen molar-refractivity contribution in [3.8, 4) is 11.4 Å². The molecule has 0 amide bonds. The number of nitrogens with one attached hydrogen (secondary N) is 1. The first-order valence-corrected chi connectivity index (χ1v) is 7.88. The predicted octanol–water partition coefficient (Wildman–Crippen LogP) is 4.13. The van der Waals surface area contributed by atoms with Gasteiger partial charge >= 0.3 is 0 Å². The Kier molecular flexibility index (Phi) is 5.47. The predicted molar refractivity (Wildman–Crippen MR) is 83.6 cm³/mol. The van der Waals surface area contributed by atoms with Gasteiger partial charge in [0.2, 0.25) is 11.7 Å². The van der Waals surface area contributed by atoms with Crippen molar-refractivity contribution in [3.05, 3.63) is 34.4 Å². The van der Waals surface area contributed by atoms with Crippen molar-refractivity contribution in [2.45, 2.75) is 39.2 Å². The van der Waals surface area contributed by atoms with E-state index in [1.54, 1.807) is 12.1 Å². The normalized spacial score (nSPS) is 14.1. The first kappa shape index (κ1) is 16.1. The van der Waals surface area contributed by atoms with Crippen LogP contribution >= 0.6 is 15.9 Å². The van der Waals surface area contributed by atoms with Crippen LogP contribution in [0.4, 0.5) is 4.39 Å². The highest BCUT2D eigenvalue weighted by Gasteiger charge is 2.23. The molecule has 21 heavy (non-hydrogen) atoms. The Bertz CT molecular complexity index is 602. The van der Waals surface area contributed by atoms with Gasteiger partial charge in [0, 0.05) is 11.6 Å². The summed E-state index contributed by atoms with van der Waals surface area (Å²) >= 11 is 3.17. The summed E-state index contributed by atoms with van der Waals surface area (Å²) in [7, 11) is 0. The van der Waals surface area contributed by atoms with Crippen molar-refractivity contribution in [1.29, 1.82) is 0 Å². The van der Waals surface area contributed by atoms with Gasteiger partial charge in [0.05, 0.1) is 10.4 Å². The number of benzene rings is 1. The van der Waals surface area contributed by atoms with E-state index >= 15 is 0 Å². The molecule has 6 heteroatoms. The van der Waals surface area contributed by atoms with Crippen LogP contribution in [0.5, 0.6) is 0 Å². The number of aromatic nitrogens is 2. The minimum Gasteiger partial charge on any atom is -0.339 e. The van der Waals surface area contributed by atoms with E-state index in [0.29, 0.717) is 16.2 Å². The SMILES string of the molecule is CCNC(C)C(CC)c1nc(-c2ccc(F)c(Br)c2)no1. The lowest BCUT2D eigenvalue weighted by Crippen LogP contribution is -2.31. The minimum absolute atomic E-state index is 0.162. The Balaban J connectivity index is 2.25. The standard InChI is InChI=1S/C15H19BrFN3O/c1-4-11(9(3)18-5-2)15-19-14(20-21-15)10-6-7-13(17)12(16)8-10/h6-9,11,18H,4-5H2,1-3H3. The summed E-state index contributed by atoms with van der Waals surface area (Å²) in [5, 5.41) is 7.39. The third kappa shape index (κ3) is 3.68. The summed E-state index contributed by atoms with van der Waals surface area (Å²) in [6.07, 6.45) is 0.906. The average Bonchev–Trinajstić information content (AvgIpc) is 2.92. The summed E-state index contributed by atoms with van der Waals surface area (Å²) in [6.45, 7) is 7.16. The lowest BCUT2D eigenvalue weighted by atomic mass is 9.98. The molecule has 0 bridgehead atoms. The molecule has 0 aliphatic carbocycles. The molecule has 4 nitrogen and oxygen atoms in total. The molecular weight excluding hydrogens is 337 g/mol. The highest BCUT2D eigenvalue weighted by molar-refractivity contribution is 9.10. The monoisotopic (exact) mass is 355 g/mol. The molecule has 0 aliphatic heterocycles. The van der Waals surface area contributed by atoms with Crippen LogP contribution in [0.15, 0.2) is 27.2 Å². The fourth-order valence-electron chi connectivity index (χ4n) is 2.34. The lowest BCUT2D eigenvalue weighted by molar-refractivity contribution is 0.318. The van der Waals surface area contributed by atoms with Crippen molar-refractivity contribution in [2.75, 3.05) is 6.54 Å². The number of rotatable bonds is 6. The van der Waals surface area contributed by atoms with Crippen molar-refractivity contribution in [2.24, 2.45) is 0 Å². The fraction of sp³-hybridized carbons (Fsp3) is 0.467. The topological polar surface area (TPSA) is 51.0 Å². The van der Waals surface area contributed by atoms with E-state index in [2.05, 4.69) is 52.2 Å². The van der Waals surface area contributed by atoms with E-state index in [1.807, 2.05) is 0 Å². The average molecular weight is 356 g/mol. The summed E-state index contributed by atoms with van der Waals surface area (Å²) in [5.74, 6) is 0.944. The molecule has 0 saturated heterocycles. The van der Waals surface area contributed by atoms with Gasteiger partial charge in [0.25, 0.3) is 0 Å². The number of nitrogens with zero attached hydrogens (tertiary/aromatic N) is 2. The maximum absolute atomic E-state index is 13.3. The van der Waals surface area contributed by atoms with Crippen LogP contribution in [0.1, 0.15) is 39.0 Å². The third-order valence-electron chi connectivity index (χ3n) is 3.51. The quantitative estimate of drug-likeness (QED) is 0.846. The molecule has 1 aromatic heterocycles. The minimum atomic E-state index is -0.310. The van der Waals surface area contributed by atoms with Crippen molar-refractivity contribution in [3.63, 3.8) is 0 Å². The van der Waals surface area contributed by atoms with Crippen LogP contribution in [0.2, 0.25) is 0 Å². The molecule has 2 atom stereocenters. The van der Waals surface area contributed by atoms with Gasteiger partial charge in [0.1, 0.15) is 5.82 Å². The first-order chi connectivity index (χ1) is 10.1. The smallest absolute Gasteiger partial charge is 0.231 e. The molecule has 114 valence electrons. The van der Waals surface area contributed by atoms with Gasteiger partial charge in [-0.3, -0.25) is 0 Å². The Hall–Kier alpha value is -1.27. The lowest BCUT2D eigenvalue weighted by Gasteiger charge is -2.19. The molecule has 1 N–H and O–H groups in total. The molecule has 1 heterocycles. The zero-order valence-electron chi connectivity index (χ0n) is 12.4. The Morgan fingerprint density at radius 2 is 2.14 bits per heavy atom. The largest absolute Gasteiger partial charge is 0.339 e. The number of hydrogen-bond donors (Lipinski definition) is 1. The molecule has 0 spiro atoms. The van der Waals surface area contributed by atoms with Gasteiger partial charge in [0.15, 0.2) is 0 Å². The molecule has 1 aromatic carbocycles.